The summed E-state index contributed by atoms with van der Waals surface area (Å²) in [4.78, 5) is 17.5. The Hall–Kier alpha value is -1.68. The third-order valence-electron chi connectivity index (χ3n) is 2.73. The molecule has 0 spiro atoms. The number of aryl methyl sites for hydroxylation is 4. The van der Waals surface area contributed by atoms with Gasteiger partial charge in [0.15, 0.2) is 5.13 Å². The molecule has 0 unspecified atom stereocenters. The lowest BCUT2D eigenvalue weighted by atomic mass is 10.1. The summed E-state index contributed by atoms with van der Waals surface area (Å²) in [6.07, 6.45) is 0. The van der Waals surface area contributed by atoms with E-state index in [2.05, 4.69) is 16.4 Å². The molecule has 0 saturated heterocycles. The predicted molar refractivity (Wildman–Crippen MR) is 75.5 cm³/mol. The minimum absolute atomic E-state index is 0.101. The molecule has 0 fully saturated rings. The van der Waals surface area contributed by atoms with Crippen LogP contribution in [0.3, 0.4) is 0 Å². The number of amides is 1. The molecular formula is C14H16N2OS. The maximum atomic E-state index is 12.1. The summed E-state index contributed by atoms with van der Waals surface area (Å²) < 4.78 is 0. The van der Waals surface area contributed by atoms with Gasteiger partial charge in [-0.1, -0.05) is 17.2 Å². The first-order chi connectivity index (χ1) is 8.45. The topological polar surface area (TPSA) is 42.0 Å². The fourth-order valence-corrected chi connectivity index (χ4v) is 2.61. The lowest BCUT2D eigenvalue weighted by Crippen LogP contribution is -2.12. The van der Waals surface area contributed by atoms with Crippen molar-refractivity contribution in [2.75, 3.05) is 5.32 Å². The molecule has 0 saturated carbocycles. The molecule has 0 aliphatic rings. The number of nitrogens with zero attached hydrogens (tertiary/aromatic N) is 1. The molecule has 0 aliphatic heterocycles. The number of anilines is 1. The average Bonchev–Trinajstić information content (AvgIpc) is 2.56. The van der Waals surface area contributed by atoms with Gasteiger partial charge in [-0.15, -0.1) is 11.3 Å². The Labute approximate surface area is 111 Å². The molecule has 1 aromatic carbocycles. The van der Waals surface area contributed by atoms with E-state index in [1.54, 1.807) is 0 Å². The Bertz CT molecular complexity index is 562. The van der Waals surface area contributed by atoms with E-state index in [1.165, 1.54) is 11.3 Å². The first-order valence-corrected chi connectivity index (χ1v) is 6.61. The van der Waals surface area contributed by atoms with Gasteiger partial charge in [0.2, 0.25) is 0 Å². The first-order valence-electron chi connectivity index (χ1n) is 5.79. The molecule has 1 amide bonds. The van der Waals surface area contributed by atoms with E-state index in [-0.39, 0.29) is 5.91 Å². The van der Waals surface area contributed by atoms with Crippen LogP contribution in [0.2, 0.25) is 0 Å². The second-order valence-corrected chi connectivity index (χ2v) is 5.69. The van der Waals surface area contributed by atoms with E-state index in [4.69, 9.17) is 0 Å². The van der Waals surface area contributed by atoms with Crippen LogP contribution in [0.1, 0.15) is 32.1 Å². The zero-order chi connectivity index (χ0) is 13.3. The number of carbonyl (C=O) groups is 1. The zero-order valence-corrected chi connectivity index (χ0v) is 11.8. The number of hydrogen-bond donors (Lipinski definition) is 1. The summed E-state index contributed by atoms with van der Waals surface area (Å²) in [5.74, 6) is -0.101. The predicted octanol–water partition coefficient (Wildman–Crippen LogP) is 3.63. The van der Waals surface area contributed by atoms with Gasteiger partial charge in [0, 0.05) is 10.4 Å². The SMILES string of the molecule is Cc1cc(C)cc(C(=O)Nc2nc(C)c(C)s2)c1. The summed E-state index contributed by atoms with van der Waals surface area (Å²) in [6.45, 7) is 7.92. The van der Waals surface area contributed by atoms with Crippen molar-refractivity contribution in [2.45, 2.75) is 27.7 Å². The summed E-state index contributed by atoms with van der Waals surface area (Å²) in [5, 5.41) is 3.50. The second-order valence-electron chi connectivity index (χ2n) is 4.49. The fourth-order valence-electron chi connectivity index (χ4n) is 1.80. The van der Waals surface area contributed by atoms with E-state index in [0.717, 1.165) is 21.7 Å². The van der Waals surface area contributed by atoms with Crippen molar-refractivity contribution in [3.8, 4) is 0 Å². The van der Waals surface area contributed by atoms with Gasteiger partial charge in [-0.2, -0.15) is 0 Å². The molecule has 18 heavy (non-hydrogen) atoms. The first kappa shape index (κ1) is 12.8. The molecule has 4 heteroatoms. The van der Waals surface area contributed by atoms with Crippen LogP contribution in [-0.2, 0) is 0 Å². The molecule has 1 aromatic heterocycles. The van der Waals surface area contributed by atoms with E-state index in [1.807, 2.05) is 39.8 Å². The smallest absolute Gasteiger partial charge is 0.257 e. The van der Waals surface area contributed by atoms with Gasteiger partial charge in [0.25, 0.3) is 5.91 Å². The van der Waals surface area contributed by atoms with Gasteiger partial charge in [-0.3, -0.25) is 10.1 Å². The molecule has 1 N–H and O–H groups in total. The van der Waals surface area contributed by atoms with Crippen LogP contribution in [0.15, 0.2) is 18.2 Å². The minimum atomic E-state index is -0.101. The van der Waals surface area contributed by atoms with E-state index >= 15 is 0 Å². The third-order valence-corrected chi connectivity index (χ3v) is 3.72. The maximum Gasteiger partial charge on any atom is 0.257 e. The molecule has 3 nitrogen and oxygen atoms in total. The molecule has 0 aliphatic carbocycles. The fraction of sp³-hybridized carbons (Fsp3) is 0.286. The van der Waals surface area contributed by atoms with Gasteiger partial charge in [-0.05, 0) is 39.8 Å². The average molecular weight is 260 g/mol. The lowest BCUT2D eigenvalue weighted by molar-refractivity contribution is 0.102. The highest BCUT2D eigenvalue weighted by atomic mass is 32.1. The molecule has 0 radical (unpaired) electrons. The van der Waals surface area contributed by atoms with Crippen molar-refractivity contribution in [1.82, 2.24) is 4.98 Å². The number of nitrogens with one attached hydrogen (secondary N) is 1. The van der Waals surface area contributed by atoms with Crippen molar-refractivity contribution in [2.24, 2.45) is 0 Å². The number of rotatable bonds is 2. The lowest BCUT2D eigenvalue weighted by Gasteiger charge is -2.04. The summed E-state index contributed by atoms with van der Waals surface area (Å²) >= 11 is 1.50. The molecule has 94 valence electrons. The van der Waals surface area contributed by atoms with Crippen LogP contribution in [0.5, 0.6) is 0 Å². The van der Waals surface area contributed by atoms with E-state index in [9.17, 15) is 4.79 Å². The number of hydrogen-bond acceptors (Lipinski definition) is 3. The number of benzene rings is 1. The number of thiazole rings is 1. The molecule has 2 rings (SSSR count). The van der Waals surface area contributed by atoms with Crippen LogP contribution in [0.25, 0.3) is 0 Å². The van der Waals surface area contributed by atoms with Crippen molar-refractivity contribution < 1.29 is 4.79 Å². The maximum absolute atomic E-state index is 12.1. The van der Waals surface area contributed by atoms with Gasteiger partial charge in [0.05, 0.1) is 5.69 Å². The van der Waals surface area contributed by atoms with Crippen LogP contribution < -0.4 is 5.32 Å². The summed E-state index contributed by atoms with van der Waals surface area (Å²) in [7, 11) is 0. The Balaban J connectivity index is 2.21. The van der Waals surface area contributed by atoms with Crippen molar-refractivity contribution in [1.29, 1.82) is 0 Å². The highest BCUT2D eigenvalue weighted by Crippen LogP contribution is 2.22. The molecule has 0 bridgehead atoms. The summed E-state index contributed by atoms with van der Waals surface area (Å²) in [6, 6.07) is 5.82. The Kier molecular flexibility index (Phi) is 3.48. The van der Waals surface area contributed by atoms with Crippen LogP contribution in [0.4, 0.5) is 5.13 Å². The highest BCUT2D eigenvalue weighted by molar-refractivity contribution is 7.15. The molecule has 2 aromatic rings. The van der Waals surface area contributed by atoms with Gasteiger partial charge in [-0.25, -0.2) is 4.98 Å². The number of carbonyl (C=O) groups excluding carboxylic acids is 1. The van der Waals surface area contributed by atoms with Gasteiger partial charge in [0.1, 0.15) is 0 Å². The molecule has 0 atom stereocenters. The van der Waals surface area contributed by atoms with Gasteiger partial charge < -0.3 is 0 Å². The van der Waals surface area contributed by atoms with Crippen LogP contribution in [-0.4, -0.2) is 10.9 Å². The van der Waals surface area contributed by atoms with Crippen LogP contribution >= 0.6 is 11.3 Å². The molecular weight excluding hydrogens is 244 g/mol. The Morgan fingerprint density at radius 3 is 2.22 bits per heavy atom. The second kappa shape index (κ2) is 4.90. The van der Waals surface area contributed by atoms with E-state index in [0.29, 0.717) is 10.7 Å². The van der Waals surface area contributed by atoms with Crippen molar-refractivity contribution in [3.63, 3.8) is 0 Å². The standard InChI is InChI=1S/C14H16N2OS/c1-8-5-9(2)7-12(6-8)13(17)16-14-15-10(3)11(4)18-14/h5-7H,1-4H3,(H,15,16,17). The highest BCUT2D eigenvalue weighted by Gasteiger charge is 2.10. The van der Waals surface area contributed by atoms with Crippen LogP contribution in [0, 0.1) is 27.7 Å². The van der Waals surface area contributed by atoms with Crippen molar-refractivity contribution in [3.05, 3.63) is 45.5 Å². The van der Waals surface area contributed by atoms with Crippen molar-refractivity contribution >= 4 is 22.4 Å². The monoisotopic (exact) mass is 260 g/mol. The van der Waals surface area contributed by atoms with E-state index < -0.39 is 0 Å². The van der Waals surface area contributed by atoms with Gasteiger partial charge >= 0.3 is 0 Å². The quantitative estimate of drug-likeness (QED) is 0.896. The Morgan fingerprint density at radius 1 is 1.11 bits per heavy atom. The largest absolute Gasteiger partial charge is 0.298 e. The summed E-state index contributed by atoms with van der Waals surface area (Å²) in [5.41, 5.74) is 3.83. The number of aromatic nitrogens is 1. The normalized spacial score (nSPS) is 10.4. The Morgan fingerprint density at radius 2 is 1.72 bits per heavy atom. The minimum Gasteiger partial charge on any atom is -0.298 e. The third kappa shape index (κ3) is 2.76. The zero-order valence-electron chi connectivity index (χ0n) is 11.0. The molecule has 1 heterocycles.